The van der Waals surface area contributed by atoms with Gasteiger partial charge >= 0.3 is 12.0 Å². The van der Waals surface area contributed by atoms with Crippen molar-refractivity contribution in [1.82, 2.24) is 5.32 Å². The topological polar surface area (TPSA) is 70.7 Å². The lowest BCUT2D eigenvalue weighted by atomic mass is 10.2. The van der Waals surface area contributed by atoms with E-state index in [9.17, 15) is 9.59 Å². The first kappa shape index (κ1) is 21.6. The van der Waals surface area contributed by atoms with E-state index in [0.717, 1.165) is 17.1 Å². The summed E-state index contributed by atoms with van der Waals surface area (Å²) in [5.74, 6) is -0.473. The number of carbonyl (C=O) groups excluding carboxylic acids is 2. The highest BCUT2D eigenvalue weighted by Crippen LogP contribution is 2.34. The number of ether oxygens (including phenoxy) is 1. The summed E-state index contributed by atoms with van der Waals surface area (Å²) in [4.78, 5) is 25.5. The van der Waals surface area contributed by atoms with Crippen molar-refractivity contribution in [3.05, 3.63) is 97.1 Å². The van der Waals surface area contributed by atoms with Gasteiger partial charge in [-0.1, -0.05) is 43.0 Å². The van der Waals surface area contributed by atoms with Crippen molar-refractivity contribution in [2.45, 2.75) is 6.92 Å². The zero-order valence-corrected chi connectivity index (χ0v) is 17.4. The highest BCUT2D eigenvalue weighted by Gasteiger charge is 2.12. The highest BCUT2D eigenvalue weighted by atomic mass is 16.5. The van der Waals surface area contributed by atoms with Crippen LogP contribution in [0.5, 0.6) is 0 Å². The van der Waals surface area contributed by atoms with Gasteiger partial charge in [-0.3, -0.25) is 0 Å². The van der Waals surface area contributed by atoms with Gasteiger partial charge in [0.05, 0.1) is 6.54 Å². The number of rotatable bonds is 8. The smallest absolute Gasteiger partial charge is 0.333 e. The van der Waals surface area contributed by atoms with Crippen molar-refractivity contribution < 1.29 is 14.3 Å². The lowest BCUT2D eigenvalue weighted by Crippen LogP contribution is -2.32. The molecule has 158 valence electrons. The van der Waals surface area contributed by atoms with Gasteiger partial charge in [-0.25, -0.2) is 9.59 Å². The molecule has 0 bridgehead atoms. The fraction of sp³-hybridized carbons (Fsp3) is 0.120. The van der Waals surface area contributed by atoms with Gasteiger partial charge in [-0.15, -0.1) is 0 Å². The Morgan fingerprint density at radius 1 is 0.839 bits per heavy atom. The molecule has 6 nitrogen and oxygen atoms in total. The summed E-state index contributed by atoms with van der Waals surface area (Å²) in [7, 11) is 0. The average Bonchev–Trinajstić information content (AvgIpc) is 2.79. The molecule has 0 radical (unpaired) electrons. The molecule has 0 unspecified atom stereocenters. The van der Waals surface area contributed by atoms with E-state index in [-0.39, 0.29) is 19.2 Å². The number of urea groups is 1. The first-order chi connectivity index (χ1) is 15.0. The van der Waals surface area contributed by atoms with Gasteiger partial charge in [0.25, 0.3) is 0 Å². The van der Waals surface area contributed by atoms with Gasteiger partial charge < -0.3 is 20.3 Å². The minimum absolute atomic E-state index is 0.0845. The van der Waals surface area contributed by atoms with E-state index in [4.69, 9.17) is 4.74 Å². The summed E-state index contributed by atoms with van der Waals surface area (Å²) >= 11 is 0. The molecule has 3 aromatic rings. The number of hydrogen-bond acceptors (Lipinski definition) is 4. The zero-order chi connectivity index (χ0) is 22.1. The summed E-state index contributed by atoms with van der Waals surface area (Å²) in [6.07, 6.45) is 0. The van der Waals surface area contributed by atoms with Gasteiger partial charge in [0.15, 0.2) is 0 Å². The summed E-state index contributed by atoms with van der Waals surface area (Å²) in [5.41, 5.74) is 4.02. The molecule has 0 saturated carbocycles. The predicted octanol–water partition coefficient (Wildman–Crippen LogP) is 5.40. The Kier molecular flexibility index (Phi) is 7.43. The van der Waals surface area contributed by atoms with E-state index in [0.29, 0.717) is 11.3 Å². The maximum atomic E-state index is 12.1. The van der Waals surface area contributed by atoms with Crippen LogP contribution in [0.15, 0.2) is 97.1 Å². The van der Waals surface area contributed by atoms with E-state index < -0.39 is 5.97 Å². The average molecular weight is 415 g/mol. The summed E-state index contributed by atoms with van der Waals surface area (Å²) in [6.45, 7) is 5.37. The van der Waals surface area contributed by atoms with E-state index in [1.165, 1.54) is 0 Å². The minimum atomic E-state index is -0.473. The third-order valence-corrected chi connectivity index (χ3v) is 4.38. The van der Waals surface area contributed by atoms with Crippen LogP contribution in [0.1, 0.15) is 6.92 Å². The molecular weight excluding hydrogens is 390 g/mol. The number of esters is 1. The van der Waals surface area contributed by atoms with Crippen LogP contribution >= 0.6 is 0 Å². The van der Waals surface area contributed by atoms with Crippen molar-refractivity contribution in [3.8, 4) is 0 Å². The molecule has 0 fully saturated rings. The number of amides is 2. The Bertz CT molecular complexity index is 979. The monoisotopic (exact) mass is 415 g/mol. The molecule has 0 aliphatic rings. The molecule has 0 spiro atoms. The molecule has 3 rings (SSSR count). The van der Waals surface area contributed by atoms with Crippen LogP contribution < -0.4 is 15.5 Å². The lowest BCUT2D eigenvalue weighted by molar-refractivity contribution is -0.138. The molecule has 0 heterocycles. The Labute approximate surface area is 182 Å². The third-order valence-electron chi connectivity index (χ3n) is 4.38. The van der Waals surface area contributed by atoms with Crippen LogP contribution in [0, 0.1) is 0 Å². The van der Waals surface area contributed by atoms with Crippen LogP contribution in [-0.4, -0.2) is 25.2 Å². The molecule has 0 saturated heterocycles. The van der Waals surface area contributed by atoms with E-state index in [1.807, 2.05) is 84.9 Å². The van der Waals surface area contributed by atoms with Crippen molar-refractivity contribution >= 4 is 34.7 Å². The Hall–Kier alpha value is -4.06. The molecule has 0 aliphatic carbocycles. The molecule has 6 heteroatoms. The minimum Gasteiger partial charge on any atom is -0.460 e. The molecule has 0 aliphatic heterocycles. The van der Waals surface area contributed by atoms with Crippen molar-refractivity contribution in [1.29, 1.82) is 0 Å². The fourth-order valence-electron chi connectivity index (χ4n) is 2.90. The Morgan fingerprint density at radius 3 is 1.87 bits per heavy atom. The SMILES string of the molecule is C=C(C)C(=O)OCCNC(=O)Nc1ccc(N(c2ccccc2)c2ccccc2)cc1. The highest BCUT2D eigenvalue weighted by molar-refractivity contribution is 5.90. The van der Waals surface area contributed by atoms with Crippen molar-refractivity contribution in [2.75, 3.05) is 23.4 Å². The number of nitrogens with one attached hydrogen (secondary N) is 2. The molecule has 0 atom stereocenters. The van der Waals surface area contributed by atoms with Gasteiger partial charge in [-0.05, 0) is 55.5 Å². The fourth-order valence-corrected chi connectivity index (χ4v) is 2.90. The van der Waals surface area contributed by atoms with Gasteiger partial charge in [0.1, 0.15) is 6.61 Å². The second kappa shape index (κ2) is 10.6. The van der Waals surface area contributed by atoms with Crippen LogP contribution in [0.25, 0.3) is 0 Å². The number of para-hydroxylation sites is 2. The Morgan fingerprint density at radius 2 is 1.35 bits per heavy atom. The van der Waals surface area contributed by atoms with Crippen LogP contribution in [0.4, 0.5) is 27.5 Å². The van der Waals surface area contributed by atoms with E-state index in [1.54, 1.807) is 6.92 Å². The first-order valence-electron chi connectivity index (χ1n) is 9.92. The number of anilines is 4. The summed E-state index contributed by atoms with van der Waals surface area (Å²) < 4.78 is 4.94. The van der Waals surface area contributed by atoms with Gasteiger partial charge in [0, 0.05) is 28.3 Å². The normalized spacial score (nSPS) is 10.1. The standard InChI is InChI=1S/C25H25N3O3/c1-19(2)24(29)31-18-17-26-25(30)27-20-13-15-23(16-14-20)28(21-9-5-3-6-10-21)22-11-7-4-8-12-22/h3-16H,1,17-18H2,2H3,(H2,26,27,30). The van der Waals surface area contributed by atoms with Crippen molar-refractivity contribution in [3.63, 3.8) is 0 Å². The van der Waals surface area contributed by atoms with E-state index in [2.05, 4.69) is 22.1 Å². The number of nitrogens with zero attached hydrogens (tertiary/aromatic N) is 1. The molecule has 31 heavy (non-hydrogen) atoms. The predicted molar refractivity (Wildman–Crippen MR) is 124 cm³/mol. The van der Waals surface area contributed by atoms with Gasteiger partial charge in [0.2, 0.25) is 0 Å². The quantitative estimate of drug-likeness (QED) is 0.294. The number of carbonyl (C=O) groups is 2. The van der Waals surface area contributed by atoms with Crippen LogP contribution in [0.3, 0.4) is 0 Å². The van der Waals surface area contributed by atoms with Gasteiger partial charge in [-0.2, -0.15) is 0 Å². The third kappa shape index (κ3) is 6.21. The molecule has 0 aromatic heterocycles. The summed E-state index contributed by atoms with van der Waals surface area (Å²) in [5, 5.41) is 5.42. The number of benzene rings is 3. The van der Waals surface area contributed by atoms with Crippen LogP contribution in [-0.2, 0) is 9.53 Å². The maximum absolute atomic E-state index is 12.1. The zero-order valence-electron chi connectivity index (χ0n) is 17.4. The van der Waals surface area contributed by atoms with Crippen LogP contribution in [0.2, 0.25) is 0 Å². The summed E-state index contributed by atoms with van der Waals surface area (Å²) in [6, 6.07) is 27.4. The second-order valence-corrected chi connectivity index (χ2v) is 6.85. The van der Waals surface area contributed by atoms with E-state index >= 15 is 0 Å². The molecular formula is C25H25N3O3. The largest absolute Gasteiger partial charge is 0.460 e. The lowest BCUT2D eigenvalue weighted by Gasteiger charge is -2.25. The second-order valence-electron chi connectivity index (χ2n) is 6.85. The maximum Gasteiger partial charge on any atom is 0.333 e. The molecule has 2 amide bonds. The number of hydrogen-bond donors (Lipinski definition) is 2. The molecule has 3 aromatic carbocycles. The first-order valence-corrected chi connectivity index (χ1v) is 9.92. The molecule has 2 N–H and O–H groups in total. The Balaban J connectivity index is 1.63. The van der Waals surface area contributed by atoms with Crippen molar-refractivity contribution in [2.24, 2.45) is 0 Å².